The highest BCUT2D eigenvalue weighted by molar-refractivity contribution is 5.28. The van der Waals surface area contributed by atoms with Crippen molar-refractivity contribution in [2.45, 2.75) is 13.0 Å². The molecule has 1 unspecified atom stereocenters. The molecule has 1 nitrogen and oxygen atoms in total. The molecule has 0 aliphatic heterocycles. The van der Waals surface area contributed by atoms with Crippen LogP contribution in [0.2, 0.25) is 0 Å². The summed E-state index contributed by atoms with van der Waals surface area (Å²) in [5.41, 5.74) is 1.31. The molecule has 0 bridgehead atoms. The van der Waals surface area contributed by atoms with E-state index in [0.717, 1.165) is 0 Å². The summed E-state index contributed by atoms with van der Waals surface area (Å²) < 4.78 is 0. The van der Waals surface area contributed by atoms with E-state index in [2.05, 4.69) is 56.3 Å². The standard InChI is InChI=1S/C10H15N/c1-9-5-4-6-10(8-7-9)11(2)3/h4-8,10H,1-3H3. The third-order valence-corrected chi connectivity index (χ3v) is 1.82. The molecule has 0 N–H and O–H groups in total. The number of hydrogen-bond acceptors (Lipinski definition) is 1. The van der Waals surface area contributed by atoms with Crippen molar-refractivity contribution in [2.75, 3.05) is 14.1 Å². The Kier molecular flexibility index (Phi) is 2.66. The first-order chi connectivity index (χ1) is 5.20. The average Bonchev–Trinajstić information content (AvgIpc) is 2.13. The predicted octanol–water partition coefficient (Wildman–Crippen LogP) is 1.99. The third-order valence-electron chi connectivity index (χ3n) is 1.82. The van der Waals surface area contributed by atoms with Crippen LogP contribution in [0.15, 0.2) is 36.0 Å². The second-order valence-corrected chi connectivity index (χ2v) is 3.11. The summed E-state index contributed by atoms with van der Waals surface area (Å²) in [6.07, 6.45) is 10.8. The fourth-order valence-electron chi connectivity index (χ4n) is 1.04. The van der Waals surface area contributed by atoms with Gasteiger partial charge < -0.3 is 0 Å². The Morgan fingerprint density at radius 3 is 2.64 bits per heavy atom. The fraction of sp³-hybridized carbons (Fsp3) is 0.400. The minimum atomic E-state index is 0.448. The molecule has 0 fully saturated rings. The quantitative estimate of drug-likeness (QED) is 0.551. The summed E-state index contributed by atoms with van der Waals surface area (Å²) in [6.45, 7) is 2.11. The molecule has 0 heterocycles. The van der Waals surface area contributed by atoms with Gasteiger partial charge in [0.25, 0.3) is 0 Å². The van der Waals surface area contributed by atoms with Crippen molar-refractivity contribution in [1.82, 2.24) is 4.90 Å². The molecule has 0 aromatic rings. The molecule has 0 saturated carbocycles. The molecule has 1 atom stereocenters. The molecule has 0 amide bonds. The van der Waals surface area contributed by atoms with Gasteiger partial charge in [-0.15, -0.1) is 0 Å². The van der Waals surface area contributed by atoms with Gasteiger partial charge in [-0.1, -0.05) is 36.0 Å². The van der Waals surface area contributed by atoms with Crippen molar-refractivity contribution in [3.8, 4) is 0 Å². The lowest BCUT2D eigenvalue weighted by Crippen LogP contribution is -2.23. The Labute approximate surface area is 68.7 Å². The average molecular weight is 149 g/mol. The first-order valence-corrected chi connectivity index (χ1v) is 3.90. The molecule has 0 spiro atoms. The summed E-state index contributed by atoms with van der Waals surface area (Å²) in [5.74, 6) is 0. The van der Waals surface area contributed by atoms with Gasteiger partial charge in [-0.25, -0.2) is 0 Å². The van der Waals surface area contributed by atoms with Crippen LogP contribution in [-0.2, 0) is 0 Å². The molecule has 11 heavy (non-hydrogen) atoms. The van der Waals surface area contributed by atoms with E-state index in [4.69, 9.17) is 0 Å². The number of allylic oxidation sites excluding steroid dienone is 4. The zero-order chi connectivity index (χ0) is 8.27. The Hall–Kier alpha value is -0.820. The van der Waals surface area contributed by atoms with Crippen molar-refractivity contribution in [2.24, 2.45) is 0 Å². The summed E-state index contributed by atoms with van der Waals surface area (Å²) in [7, 11) is 4.17. The first kappa shape index (κ1) is 8.28. The highest BCUT2D eigenvalue weighted by Gasteiger charge is 2.02. The van der Waals surface area contributed by atoms with Gasteiger partial charge in [0.2, 0.25) is 0 Å². The minimum Gasteiger partial charge on any atom is -0.300 e. The number of likely N-dealkylation sites (N-methyl/N-ethyl adjacent to an activating group) is 1. The van der Waals surface area contributed by atoms with Gasteiger partial charge in [0.1, 0.15) is 0 Å². The minimum absolute atomic E-state index is 0.448. The number of hydrogen-bond donors (Lipinski definition) is 0. The molecule has 60 valence electrons. The normalized spacial score (nSPS) is 23.6. The van der Waals surface area contributed by atoms with Crippen LogP contribution in [-0.4, -0.2) is 25.0 Å². The predicted molar refractivity (Wildman–Crippen MR) is 49.5 cm³/mol. The molecule has 1 aliphatic rings. The zero-order valence-corrected chi connectivity index (χ0v) is 7.41. The smallest absolute Gasteiger partial charge is 0.0462 e. The molecule has 0 aromatic heterocycles. The van der Waals surface area contributed by atoms with Crippen LogP contribution in [0.5, 0.6) is 0 Å². The van der Waals surface area contributed by atoms with Crippen LogP contribution >= 0.6 is 0 Å². The Balaban J connectivity index is 2.71. The Bertz CT molecular complexity index is 209. The lowest BCUT2D eigenvalue weighted by atomic mass is 10.2. The summed E-state index contributed by atoms with van der Waals surface area (Å²) in [6, 6.07) is 0.448. The van der Waals surface area contributed by atoms with Crippen LogP contribution in [0.3, 0.4) is 0 Å². The van der Waals surface area contributed by atoms with Crippen LogP contribution in [0.4, 0.5) is 0 Å². The summed E-state index contributed by atoms with van der Waals surface area (Å²) >= 11 is 0. The van der Waals surface area contributed by atoms with E-state index in [-0.39, 0.29) is 0 Å². The second kappa shape index (κ2) is 3.54. The van der Waals surface area contributed by atoms with E-state index in [1.54, 1.807) is 0 Å². The Morgan fingerprint density at radius 2 is 2.00 bits per heavy atom. The highest BCUT2D eigenvalue weighted by Crippen LogP contribution is 2.06. The maximum Gasteiger partial charge on any atom is 0.0462 e. The highest BCUT2D eigenvalue weighted by atomic mass is 15.1. The van der Waals surface area contributed by atoms with Gasteiger partial charge in [-0.3, -0.25) is 4.90 Å². The van der Waals surface area contributed by atoms with Crippen LogP contribution < -0.4 is 0 Å². The van der Waals surface area contributed by atoms with Crippen molar-refractivity contribution in [1.29, 1.82) is 0 Å². The lowest BCUT2D eigenvalue weighted by Gasteiger charge is -2.15. The van der Waals surface area contributed by atoms with Crippen molar-refractivity contribution < 1.29 is 0 Å². The van der Waals surface area contributed by atoms with Gasteiger partial charge in [0.05, 0.1) is 0 Å². The van der Waals surface area contributed by atoms with Crippen LogP contribution in [0.25, 0.3) is 0 Å². The molecule has 0 saturated heterocycles. The summed E-state index contributed by atoms with van der Waals surface area (Å²) in [5, 5.41) is 0. The van der Waals surface area contributed by atoms with E-state index in [0.29, 0.717) is 6.04 Å². The molecule has 0 aromatic carbocycles. The molecule has 1 heteroatoms. The van der Waals surface area contributed by atoms with Gasteiger partial charge in [0, 0.05) is 6.04 Å². The number of rotatable bonds is 1. The van der Waals surface area contributed by atoms with Gasteiger partial charge in [-0.2, -0.15) is 0 Å². The van der Waals surface area contributed by atoms with Crippen molar-refractivity contribution in [3.05, 3.63) is 36.0 Å². The van der Waals surface area contributed by atoms with Gasteiger partial charge in [-0.05, 0) is 21.0 Å². The first-order valence-electron chi connectivity index (χ1n) is 3.90. The zero-order valence-electron chi connectivity index (χ0n) is 7.41. The third kappa shape index (κ3) is 2.35. The van der Waals surface area contributed by atoms with Crippen LogP contribution in [0, 0.1) is 0 Å². The maximum atomic E-state index is 2.20. The number of nitrogens with zero attached hydrogens (tertiary/aromatic N) is 1. The van der Waals surface area contributed by atoms with E-state index in [1.165, 1.54) is 5.57 Å². The fourth-order valence-corrected chi connectivity index (χ4v) is 1.04. The molecule has 1 rings (SSSR count). The van der Waals surface area contributed by atoms with E-state index < -0.39 is 0 Å². The van der Waals surface area contributed by atoms with Crippen molar-refractivity contribution in [3.63, 3.8) is 0 Å². The second-order valence-electron chi connectivity index (χ2n) is 3.11. The SMILES string of the molecule is CC1=CC=CC(N(C)C)C=C1. The van der Waals surface area contributed by atoms with Gasteiger partial charge >= 0.3 is 0 Å². The van der Waals surface area contributed by atoms with Crippen molar-refractivity contribution >= 4 is 0 Å². The summed E-state index contributed by atoms with van der Waals surface area (Å²) in [4.78, 5) is 2.18. The topological polar surface area (TPSA) is 3.24 Å². The molecule has 1 aliphatic carbocycles. The maximum absolute atomic E-state index is 2.20. The Morgan fingerprint density at radius 1 is 1.27 bits per heavy atom. The van der Waals surface area contributed by atoms with E-state index in [1.807, 2.05) is 0 Å². The van der Waals surface area contributed by atoms with E-state index in [9.17, 15) is 0 Å². The largest absolute Gasteiger partial charge is 0.300 e. The monoisotopic (exact) mass is 149 g/mol. The molecule has 0 radical (unpaired) electrons. The molecular weight excluding hydrogens is 134 g/mol. The lowest BCUT2D eigenvalue weighted by molar-refractivity contribution is 0.391. The molecular formula is C10H15N. The van der Waals surface area contributed by atoms with E-state index >= 15 is 0 Å². The van der Waals surface area contributed by atoms with Crippen LogP contribution in [0.1, 0.15) is 6.92 Å². The van der Waals surface area contributed by atoms with Gasteiger partial charge in [0.15, 0.2) is 0 Å².